The molecule has 0 bridgehead atoms. The second-order valence-electron chi connectivity index (χ2n) is 3.22. The molecule has 1 atom stereocenters. The van der Waals surface area contributed by atoms with Gasteiger partial charge in [0, 0.05) is 12.1 Å². The highest BCUT2D eigenvalue weighted by Crippen LogP contribution is 2.42. The summed E-state index contributed by atoms with van der Waals surface area (Å²) < 4.78 is 15.7. The number of rotatable bonds is 5. The summed E-state index contributed by atoms with van der Waals surface area (Å²) in [6.45, 7) is 0. The van der Waals surface area contributed by atoms with Crippen LogP contribution in [0.5, 0.6) is 17.2 Å². The Hall–Kier alpha value is 0.0400. The zero-order valence-corrected chi connectivity index (χ0v) is 14.1. The van der Waals surface area contributed by atoms with Crippen molar-refractivity contribution in [3.8, 4) is 17.2 Å². The number of benzene rings is 1. The molecule has 6 heteroatoms. The first kappa shape index (κ1) is 15.1. The van der Waals surface area contributed by atoms with Gasteiger partial charge in [-0.15, -0.1) is 0 Å². The lowest BCUT2D eigenvalue weighted by Gasteiger charge is -2.20. The van der Waals surface area contributed by atoms with Crippen LogP contribution in [-0.2, 0) is 0 Å². The average molecular weight is 464 g/mol. The zero-order valence-electron chi connectivity index (χ0n) is 9.74. The molecule has 0 radical (unpaired) electrons. The molecule has 1 aromatic rings. The van der Waals surface area contributed by atoms with Gasteiger partial charge in [0.1, 0.15) is 23.4 Å². The van der Waals surface area contributed by atoms with Crippen molar-refractivity contribution < 1.29 is 19.3 Å². The molecule has 0 spiro atoms. The smallest absolute Gasteiger partial charge is 0.132 e. The Morgan fingerprint density at radius 3 is 1.76 bits per heavy atom. The first-order chi connectivity index (χ1) is 8.04. The van der Waals surface area contributed by atoms with E-state index in [0.717, 1.165) is 0 Å². The molecule has 0 aromatic heterocycles. The van der Waals surface area contributed by atoms with Crippen molar-refractivity contribution in [3.05, 3.63) is 17.7 Å². The van der Waals surface area contributed by atoms with E-state index in [1.807, 2.05) is 0 Å². The van der Waals surface area contributed by atoms with E-state index in [-0.39, 0.29) is 1.93 Å². The van der Waals surface area contributed by atoms with E-state index in [1.165, 1.54) is 0 Å². The molecule has 96 valence electrons. The molecule has 0 aliphatic heterocycles. The largest absolute Gasteiger partial charge is 0.496 e. The third-order valence-corrected chi connectivity index (χ3v) is 3.65. The summed E-state index contributed by atoms with van der Waals surface area (Å²) in [7, 11) is 4.68. The van der Waals surface area contributed by atoms with Crippen molar-refractivity contribution in [2.45, 2.75) is 8.04 Å². The van der Waals surface area contributed by atoms with Crippen LogP contribution in [0.4, 0.5) is 0 Å². The second kappa shape index (κ2) is 6.83. The number of halogens is 2. The van der Waals surface area contributed by atoms with E-state index in [4.69, 9.17) is 14.2 Å². The summed E-state index contributed by atoms with van der Waals surface area (Å²) in [5.41, 5.74) is 0.643. The number of hydrogen-bond acceptors (Lipinski definition) is 4. The zero-order chi connectivity index (χ0) is 13.0. The van der Waals surface area contributed by atoms with Gasteiger partial charge in [-0.3, -0.25) is 0 Å². The van der Waals surface area contributed by atoms with Crippen LogP contribution in [-0.4, -0.2) is 28.4 Å². The van der Waals surface area contributed by atoms with Gasteiger partial charge in [-0.1, -0.05) is 45.2 Å². The quantitative estimate of drug-likeness (QED) is 0.538. The van der Waals surface area contributed by atoms with Crippen LogP contribution < -0.4 is 14.2 Å². The van der Waals surface area contributed by atoms with Gasteiger partial charge in [0.05, 0.1) is 28.8 Å². The summed E-state index contributed by atoms with van der Waals surface area (Å²) in [5, 5.41) is 10.2. The van der Waals surface area contributed by atoms with Crippen molar-refractivity contribution in [2.24, 2.45) is 0 Å². The van der Waals surface area contributed by atoms with E-state index in [9.17, 15) is 5.11 Å². The molecule has 0 saturated carbocycles. The van der Waals surface area contributed by atoms with Crippen molar-refractivity contribution in [1.29, 1.82) is 0 Å². The molecular formula is C11H14I2O4. The highest BCUT2D eigenvalue weighted by Gasteiger charge is 2.24. The Bertz CT molecular complexity index is 357. The van der Waals surface area contributed by atoms with E-state index in [0.29, 0.717) is 22.8 Å². The maximum atomic E-state index is 10.2. The van der Waals surface area contributed by atoms with Gasteiger partial charge in [0.2, 0.25) is 0 Å². The third-order valence-electron chi connectivity index (χ3n) is 2.29. The lowest BCUT2D eigenvalue weighted by atomic mass is 10.1. The van der Waals surface area contributed by atoms with E-state index >= 15 is 0 Å². The van der Waals surface area contributed by atoms with Gasteiger partial charge in [0.15, 0.2) is 0 Å². The maximum Gasteiger partial charge on any atom is 0.132 e. The molecular weight excluding hydrogens is 450 g/mol. The number of alkyl halides is 2. The van der Waals surface area contributed by atoms with E-state index in [2.05, 4.69) is 45.2 Å². The minimum Gasteiger partial charge on any atom is -0.496 e. The molecule has 0 aliphatic carbocycles. The van der Waals surface area contributed by atoms with Crippen LogP contribution in [0.2, 0.25) is 0 Å². The minimum absolute atomic E-state index is 0.0152. The number of aliphatic hydroxyl groups excluding tert-OH is 1. The SMILES string of the molecule is COc1cc(OC)c(C(O)C(I)I)c(OC)c1. The first-order valence-electron chi connectivity index (χ1n) is 4.81. The second-order valence-corrected chi connectivity index (χ2v) is 8.29. The molecule has 17 heavy (non-hydrogen) atoms. The van der Waals surface area contributed by atoms with Crippen LogP contribution in [0.1, 0.15) is 11.7 Å². The van der Waals surface area contributed by atoms with Crippen molar-refractivity contribution >= 4 is 45.2 Å². The standard InChI is InChI=1S/C11H14I2O4/c1-15-6-4-7(16-2)9(8(5-6)17-3)10(14)11(12)13/h4-5,10-11,14H,1-3H3. The molecule has 0 amide bonds. The molecule has 1 N–H and O–H groups in total. The fourth-order valence-corrected chi connectivity index (χ4v) is 2.17. The molecule has 1 unspecified atom stereocenters. The predicted octanol–water partition coefficient (Wildman–Crippen LogP) is 2.94. The Kier molecular flexibility index (Phi) is 6.07. The lowest BCUT2D eigenvalue weighted by Crippen LogP contribution is -2.09. The van der Waals surface area contributed by atoms with Crippen LogP contribution >= 0.6 is 45.2 Å². The summed E-state index contributed by atoms with van der Waals surface area (Å²) in [5.74, 6) is 1.76. The van der Waals surface area contributed by atoms with Gasteiger partial charge >= 0.3 is 0 Å². The summed E-state index contributed by atoms with van der Waals surface area (Å²) >= 11 is 4.30. The fraction of sp³-hybridized carbons (Fsp3) is 0.455. The van der Waals surface area contributed by atoms with Crippen molar-refractivity contribution in [1.82, 2.24) is 0 Å². The Labute approximate surface area is 128 Å². The number of ether oxygens (including phenoxy) is 3. The summed E-state index contributed by atoms with van der Waals surface area (Å²) in [4.78, 5) is 0. The number of aliphatic hydroxyl groups is 1. The predicted molar refractivity (Wildman–Crippen MR) is 82.9 cm³/mol. The molecule has 4 nitrogen and oxygen atoms in total. The van der Waals surface area contributed by atoms with Gasteiger partial charge in [0.25, 0.3) is 0 Å². The minimum atomic E-state index is -0.660. The third kappa shape index (κ3) is 3.50. The summed E-state index contributed by atoms with van der Waals surface area (Å²) in [6.07, 6.45) is -0.660. The summed E-state index contributed by atoms with van der Waals surface area (Å²) in [6, 6.07) is 3.47. The van der Waals surface area contributed by atoms with E-state index in [1.54, 1.807) is 33.5 Å². The highest BCUT2D eigenvalue weighted by molar-refractivity contribution is 14.2. The Balaban J connectivity index is 3.34. The number of hydrogen-bond donors (Lipinski definition) is 1. The molecule has 0 saturated heterocycles. The van der Waals surface area contributed by atoms with Crippen molar-refractivity contribution in [2.75, 3.05) is 21.3 Å². The molecule has 0 heterocycles. The fourth-order valence-electron chi connectivity index (χ4n) is 1.45. The molecule has 0 fully saturated rings. The topological polar surface area (TPSA) is 47.9 Å². The molecule has 0 aliphatic rings. The van der Waals surface area contributed by atoms with Crippen molar-refractivity contribution in [3.63, 3.8) is 0 Å². The Morgan fingerprint density at radius 2 is 1.47 bits per heavy atom. The van der Waals surface area contributed by atoms with Gasteiger partial charge < -0.3 is 19.3 Å². The van der Waals surface area contributed by atoms with Crippen LogP contribution in [0.3, 0.4) is 0 Å². The van der Waals surface area contributed by atoms with Crippen LogP contribution in [0.25, 0.3) is 0 Å². The Morgan fingerprint density at radius 1 is 1.00 bits per heavy atom. The van der Waals surface area contributed by atoms with Gasteiger partial charge in [-0.2, -0.15) is 0 Å². The highest BCUT2D eigenvalue weighted by atomic mass is 127. The van der Waals surface area contributed by atoms with E-state index < -0.39 is 6.10 Å². The molecule has 1 aromatic carbocycles. The average Bonchev–Trinajstić information content (AvgIpc) is 2.35. The van der Waals surface area contributed by atoms with Crippen LogP contribution in [0.15, 0.2) is 12.1 Å². The van der Waals surface area contributed by atoms with Gasteiger partial charge in [-0.05, 0) is 0 Å². The number of methoxy groups -OCH3 is 3. The van der Waals surface area contributed by atoms with Gasteiger partial charge in [-0.25, -0.2) is 0 Å². The molecule has 1 rings (SSSR count). The van der Waals surface area contributed by atoms with Crippen LogP contribution in [0, 0.1) is 0 Å². The maximum absolute atomic E-state index is 10.2. The normalized spacial score (nSPS) is 12.4. The first-order valence-corrected chi connectivity index (χ1v) is 7.30. The lowest BCUT2D eigenvalue weighted by molar-refractivity contribution is 0.192. The monoisotopic (exact) mass is 464 g/mol.